The van der Waals surface area contributed by atoms with Crippen LogP contribution in [0.15, 0.2) is 133 Å². The molecule has 7 aromatic carbocycles. The lowest BCUT2D eigenvalue weighted by molar-refractivity contribution is -0.0399. The highest BCUT2D eigenvalue weighted by Crippen LogP contribution is 2.70. The van der Waals surface area contributed by atoms with E-state index in [1.807, 2.05) is 0 Å². The predicted molar refractivity (Wildman–Crippen MR) is 213 cm³/mol. The maximum Gasteiger partial charge on any atom is 0.0272 e. The summed E-state index contributed by atoms with van der Waals surface area (Å²) in [6.45, 7) is 4.79. The Bertz CT molecular complexity index is 2550. The van der Waals surface area contributed by atoms with E-state index in [4.69, 9.17) is 0 Å². The summed E-state index contributed by atoms with van der Waals surface area (Å²) in [7, 11) is 0. The van der Waals surface area contributed by atoms with Crippen LogP contribution in [0.2, 0.25) is 0 Å². The van der Waals surface area contributed by atoms with E-state index in [1.54, 1.807) is 11.1 Å². The lowest BCUT2D eigenvalue weighted by Crippen LogP contribution is -2.55. The van der Waals surface area contributed by atoms with Gasteiger partial charge in [0.05, 0.1) is 0 Å². The average Bonchev–Trinajstić information content (AvgIpc) is 3.58. The quantitative estimate of drug-likeness (QED) is 0.163. The second-order valence-electron chi connectivity index (χ2n) is 17.2. The van der Waals surface area contributed by atoms with Crippen LogP contribution in [0.5, 0.6) is 0 Å². The molecular formula is C51H42. The summed E-state index contributed by atoms with van der Waals surface area (Å²) >= 11 is 0. The fourth-order valence-electron chi connectivity index (χ4n) is 13.0. The SMILES string of the molecule is CC1(C)c2ccccc2-c2ccc(-c3c4ccccc4c(-c4cccc5c4-c4ccccc4C54C5CC6CC(C5)CC4C6)c4ccccc34)cc21. The van der Waals surface area contributed by atoms with Crippen LogP contribution in [-0.4, -0.2) is 0 Å². The summed E-state index contributed by atoms with van der Waals surface area (Å²) in [5.74, 6) is 3.41. The number of benzene rings is 7. The zero-order valence-corrected chi connectivity index (χ0v) is 29.5. The van der Waals surface area contributed by atoms with Crippen molar-refractivity contribution >= 4 is 21.5 Å². The van der Waals surface area contributed by atoms with Gasteiger partial charge in [-0.1, -0.05) is 141 Å². The molecule has 1 spiro atoms. The molecule has 51 heavy (non-hydrogen) atoms. The first kappa shape index (κ1) is 28.7. The molecule has 0 aromatic heterocycles. The van der Waals surface area contributed by atoms with Crippen molar-refractivity contribution in [3.05, 3.63) is 156 Å². The molecule has 246 valence electrons. The van der Waals surface area contributed by atoms with Crippen molar-refractivity contribution in [2.24, 2.45) is 23.7 Å². The molecule has 4 bridgehead atoms. The van der Waals surface area contributed by atoms with Crippen molar-refractivity contribution in [3.63, 3.8) is 0 Å². The van der Waals surface area contributed by atoms with Crippen molar-refractivity contribution in [1.82, 2.24) is 0 Å². The standard InChI is InChI=1S/C51H42/c1-50(2)43-19-9-7-12-35(43)36-23-22-32(29-46(36)50)47-37-13-3-5-15-39(37)48(40-16-6-4-14-38(40)47)42-18-11-21-45-49(42)41-17-8-10-20-44(41)51(45)33-25-30-24-31(27-33)28-34(51)26-30/h3-23,29-31,33-34H,24-28H2,1-2H3. The molecule has 6 aliphatic carbocycles. The summed E-state index contributed by atoms with van der Waals surface area (Å²) in [5.41, 5.74) is 17.5. The van der Waals surface area contributed by atoms with Crippen molar-refractivity contribution in [2.75, 3.05) is 0 Å². The minimum atomic E-state index is -0.0423. The Balaban J connectivity index is 1.13. The van der Waals surface area contributed by atoms with Crippen LogP contribution in [0, 0.1) is 23.7 Å². The number of hydrogen-bond acceptors (Lipinski definition) is 0. The van der Waals surface area contributed by atoms with Crippen LogP contribution in [0.25, 0.3) is 66.1 Å². The maximum atomic E-state index is 2.55. The van der Waals surface area contributed by atoms with E-state index in [9.17, 15) is 0 Å². The van der Waals surface area contributed by atoms with E-state index in [-0.39, 0.29) is 10.8 Å². The van der Waals surface area contributed by atoms with Crippen LogP contribution >= 0.6 is 0 Å². The fraction of sp³-hybridized carbons (Fsp3) is 0.255. The number of fused-ring (bicyclic) bond motifs is 8. The third kappa shape index (κ3) is 3.52. The van der Waals surface area contributed by atoms with Crippen molar-refractivity contribution < 1.29 is 0 Å². The number of rotatable bonds is 2. The topological polar surface area (TPSA) is 0 Å². The zero-order chi connectivity index (χ0) is 33.6. The third-order valence-corrected chi connectivity index (χ3v) is 14.7. The molecule has 4 saturated carbocycles. The van der Waals surface area contributed by atoms with Gasteiger partial charge in [-0.25, -0.2) is 0 Å². The Labute approximate surface area is 301 Å². The Morgan fingerprint density at radius 3 is 1.57 bits per heavy atom. The van der Waals surface area contributed by atoms with E-state index in [1.165, 1.54) is 109 Å². The van der Waals surface area contributed by atoms with E-state index in [0.29, 0.717) is 0 Å². The molecule has 0 N–H and O–H groups in total. The first-order chi connectivity index (χ1) is 25.0. The summed E-state index contributed by atoms with van der Waals surface area (Å²) in [5, 5.41) is 5.39. The van der Waals surface area contributed by atoms with E-state index in [2.05, 4.69) is 147 Å². The van der Waals surface area contributed by atoms with E-state index in [0.717, 1.165) is 23.7 Å². The summed E-state index contributed by atoms with van der Waals surface area (Å²) in [6.07, 6.45) is 7.13. The normalized spacial score (nSPS) is 25.7. The van der Waals surface area contributed by atoms with Crippen molar-refractivity contribution in [2.45, 2.75) is 56.8 Å². The first-order valence-electron chi connectivity index (χ1n) is 19.5. The largest absolute Gasteiger partial charge is 0.0619 e. The molecule has 0 unspecified atom stereocenters. The molecule has 0 nitrogen and oxygen atoms in total. The highest BCUT2D eigenvalue weighted by atomic mass is 14.6. The van der Waals surface area contributed by atoms with Crippen LogP contribution in [0.1, 0.15) is 68.2 Å². The molecule has 0 amide bonds. The summed E-state index contributed by atoms with van der Waals surface area (Å²) in [6, 6.07) is 51.8. The highest BCUT2D eigenvalue weighted by molar-refractivity contribution is 6.23. The first-order valence-corrected chi connectivity index (χ1v) is 19.5. The van der Waals surface area contributed by atoms with Gasteiger partial charge in [0.15, 0.2) is 0 Å². The fourth-order valence-corrected chi connectivity index (χ4v) is 13.0. The monoisotopic (exact) mass is 654 g/mol. The summed E-state index contributed by atoms with van der Waals surface area (Å²) in [4.78, 5) is 0. The second-order valence-corrected chi connectivity index (χ2v) is 17.2. The van der Waals surface area contributed by atoms with Gasteiger partial charge in [-0.3, -0.25) is 0 Å². The maximum absolute atomic E-state index is 2.55. The van der Waals surface area contributed by atoms with Gasteiger partial charge in [-0.15, -0.1) is 0 Å². The van der Waals surface area contributed by atoms with Crippen molar-refractivity contribution in [3.8, 4) is 44.5 Å². The molecule has 0 atom stereocenters. The predicted octanol–water partition coefficient (Wildman–Crippen LogP) is 13.4. The van der Waals surface area contributed by atoms with Crippen LogP contribution in [-0.2, 0) is 10.8 Å². The summed E-state index contributed by atoms with van der Waals surface area (Å²) < 4.78 is 0. The van der Waals surface area contributed by atoms with Gasteiger partial charge in [-0.2, -0.15) is 0 Å². The molecule has 6 aliphatic rings. The van der Waals surface area contributed by atoms with Crippen molar-refractivity contribution in [1.29, 1.82) is 0 Å². The molecule has 0 saturated heterocycles. The molecule has 0 radical (unpaired) electrons. The average molecular weight is 655 g/mol. The molecule has 13 rings (SSSR count). The Hall–Kier alpha value is -4.94. The Morgan fingerprint density at radius 2 is 0.902 bits per heavy atom. The van der Waals surface area contributed by atoms with E-state index >= 15 is 0 Å². The van der Waals surface area contributed by atoms with Gasteiger partial charge in [0.1, 0.15) is 0 Å². The molecule has 0 aliphatic heterocycles. The van der Waals surface area contributed by atoms with Crippen LogP contribution < -0.4 is 0 Å². The smallest absolute Gasteiger partial charge is 0.0272 e. The Kier molecular flexibility index (Phi) is 5.57. The lowest BCUT2D eigenvalue weighted by atomic mass is 9.43. The third-order valence-electron chi connectivity index (χ3n) is 14.7. The lowest BCUT2D eigenvalue weighted by Gasteiger charge is -2.61. The van der Waals surface area contributed by atoms with Gasteiger partial charge in [0.2, 0.25) is 0 Å². The highest BCUT2D eigenvalue weighted by Gasteiger charge is 2.61. The Morgan fingerprint density at radius 1 is 0.392 bits per heavy atom. The minimum absolute atomic E-state index is 0.0423. The van der Waals surface area contributed by atoms with Crippen LogP contribution in [0.4, 0.5) is 0 Å². The van der Waals surface area contributed by atoms with Gasteiger partial charge >= 0.3 is 0 Å². The molecule has 7 aromatic rings. The second kappa shape index (κ2) is 9.89. The number of hydrogen-bond donors (Lipinski definition) is 0. The van der Waals surface area contributed by atoms with Gasteiger partial charge in [-0.05, 0) is 150 Å². The van der Waals surface area contributed by atoms with E-state index < -0.39 is 0 Å². The molecular weight excluding hydrogens is 613 g/mol. The van der Waals surface area contributed by atoms with Crippen LogP contribution in [0.3, 0.4) is 0 Å². The van der Waals surface area contributed by atoms with Gasteiger partial charge in [0, 0.05) is 10.8 Å². The molecule has 4 fully saturated rings. The zero-order valence-electron chi connectivity index (χ0n) is 29.5. The van der Waals surface area contributed by atoms with Gasteiger partial charge in [0.25, 0.3) is 0 Å². The molecule has 0 heteroatoms. The minimum Gasteiger partial charge on any atom is -0.0619 e. The molecule has 0 heterocycles. The van der Waals surface area contributed by atoms with Gasteiger partial charge < -0.3 is 0 Å².